The van der Waals surface area contributed by atoms with Gasteiger partial charge in [0.1, 0.15) is 5.82 Å². The normalized spacial score (nSPS) is 12.3. The maximum absolute atomic E-state index is 13.1. The van der Waals surface area contributed by atoms with Crippen LogP contribution >= 0.6 is 0 Å². The minimum atomic E-state index is -3.92. The number of sulfonamides is 1. The molecule has 3 rings (SSSR count). The molecule has 1 N–H and O–H groups in total. The standard InChI is InChI=1S/C23H23FN2O3S/c1-16-7-9-18(10-8-16)17(2)25-23(27)19-5-4-6-22(15-19)30(28,29)26(3)21-13-11-20(24)12-14-21/h4-15,17H,1-3H3,(H,25,27)/t17-/m0/s1. The summed E-state index contributed by atoms with van der Waals surface area (Å²) >= 11 is 0. The van der Waals surface area contributed by atoms with Crippen molar-refractivity contribution in [3.63, 3.8) is 0 Å². The summed E-state index contributed by atoms with van der Waals surface area (Å²) in [4.78, 5) is 12.7. The molecule has 0 unspecified atom stereocenters. The third-order valence-electron chi connectivity index (χ3n) is 4.87. The summed E-state index contributed by atoms with van der Waals surface area (Å²) in [5.41, 5.74) is 2.64. The minimum Gasteiger partial charge on any atom is -0.346 e. The lowest BCUT2D eigenvalue weighted by Gasteiger charge is -2.20. The lowest BCUT2D eigenvalue weighted by Crippen LogP contribution is -2.28. The molecular formula is C23H23FN2O3S. The number of carbonyl (C=O) groups excluding carboxylic acids is 1. The highest BCUT2D eigenvalue weighted by Gasteiger charge is 2.23. The van der Waals surface area contributed by atoms with E-state index in [9.17, 15) is 17.6 Å². The molecule has 1 atom stereocenters. The number of anilines is 1. The first-order valence-corrected chi connectivity index (χ1v) is 10.8. The summed E-state index contributed by atoms with van der Waals surface area (Å²) in [5.74, 6) is -0.824. The molecule has 156 valence electrons. The average molecular weight is 427 g/mol. The van der Waals surface area contributed by atoms with Gasteiger partial charge in [0.2, 0.25) is 0 Å². The van der Waals surface area contributed by atoms with Crippen LogP contribution in [0.5, 0.6) is 0 Å². The van der Waals surface area contributed by atoms with Crippen LogP contribution in [0.4, 0.5) is 10.1 Å². The van der Waals surface area contributed by atoms with Gasteiger partial charge in [0.05, 0.1) is 16.6 Å². The summed E-state index contributed by atoms with van der Waals surface area (Å²) in [6, 6.07) is 18.6. The van der Waals surface area contributed by atoms with E-state index in [1.165, 1.54) is 49.5 Å². The number of benzene rings is 3. The second-order valence-electron chi connectivity index (χ2n) is 7.08. The molecule has 0 aliphatic rings. The zero-order valence-corrected chi connectivity index (χ0v) is 17.8. The Balaban J connectivity index is 1.81. The second-order valence-corrected chi connectivity index (χ2v) is 9.05. The molecule has 3 aromatic carbocycles. The molecule has 0 bridgehead atoms. The summed E-state index contributed by atoms with van der Waals surface area (Å²) in [6.07, 6.45) is 0. The fraction of sp³-hybridized carbons (Fsp3) is 0.174. The molecule has 30 heavy (non-hydrogen) atoms. The molecule has 0 heterocycles. The van der Waals surface area contributed by atoms with Crippen molar-refractivity contribution >= 4 is 21.6 Å². The molecule has 3 aromatic rings. The number of carbonyl (C=O) groups is 1. The van der Waals surface area contributed by atoms with Crippen molar-refractivity contribution in [1.29, 1.82) is 0 Å². The van der Waals surface area contributed by atoms with Gasteiger partial charge in [-0.1, -0.05) is 35.9 Å². The zero-order chi connectivity index (χ0) is 21.9. The molecule has 0 aliphatic heterocycles. The molecule has 1 amide bonds. The van der Waals surface area contributed by atoms with E-state index in [2.05, 4.69) is 5.32 Å². The third-order valence-corrected chi connectivity index (χ3v) is 6.65. The van der Waals surface area contributed by atoms with Gasteiger partial charge in [-0.15, -0.1) is 0 Å². The van der Waals surface area contributed by atoms with Crippen molar-refractivity contribution in [3.8, 4) is 0 Å². The highest BCUT2D eigenvalue weighted by atomic mass is 32.2. The number of hydrogen-bond acceptors (Lipinski definition) is 3. The van der Waals surface area contributed by atoms with Gasteiger partial charge >= 0.3 is 0 Å². The second kappa shape index (κ2) is 8.67. The fourth-order valence-electron chi connectivity index (χ4n) is 2.96. The predicted octanol–water partition coefficient (Wildman–Crippen LogP) is 4.45. The Labute approximate surface area is 176 Å². The van der Waals surface area contributed by atoms with E-state index >= 15 is 0 Å². The topological polar surface area (TPSA) is 66.5 Å². The molecular weight excluding hydrogens is 403 g/mol. The van der Waals surface area contributed by atoms with Gasteiger partial charge in [-0.05, 0) is 61.9 Å². The first-order chi connectivity index (χ1) is 14.2. The maximum atomic E-state index is 13.1. The van der Waals surface area contributed by atoms with E-state index in [1.807, 2.05) is 38.1 Å². The van der Waals surface area contributed by atoms with Crippen LogP contribution in [-0.4, -0.2) is 21.4 Å². The Morgan fingerprint density at radius 2 is 1.63 bits per heavy atom. The average Bonchev–Trinajstić information content (AvgIpc) is 2.74. The van der Waals surface area contributed by atoms with Crippen molar-refractivity contribution in [2.75, 3.05) is 11.4 Å². The molecule has 0 saturated heterocycles. The predicted molar refractivity (Wildman–Crippen MR) is 115 cm³/mol. The van der Waals surface area contributed by atoms with Crippen LogP contribution in [0.1, 0.15) is 34.5 Å². The minimum absolute atomic E-state index is 0.0232. The first kappa shape index (κ1) is 21.5. The van der Waals surface area contributed by atoms with Gasteiger partial charge in [0.25, 0.3) is 15.9 Å². The van der Waals surface area contributed by atoms with Crippen LogP contribution in [0, 0.1) is 12.7 Å². The Kier molecular flexibility index (Phi) is 6.22. The lowest BCUT2D eigenvalue weighted by molar-refractivity contribution is 0.0939. The van der Waals surface area contributed by atoms with Gasteiger partial charge in [-0.3, -0.25) is 9.10 Å². The van der Waals surface area contributed by atoms with Crippen molar-refractivity contribution in [1.82, 2.24) is 5.32 Å². The smallest absolute Gasteiger partial charge is 0.264 e. The molecule has 5 nitrogen and oxygen atoms in total. The van der Waals surface area contributed by atoms with Crippen LogP contribution in [0.3, 0.4) is 0 Å². The number of nitrogens with one attached hydrogen (secondary N) is 1. The maximum Gasteiger partial charge on any atom is 0.264 e. The number of amides is 1. The van der Waals surface area contributed by atoms with Gasteiger partial charge in [0, 0.05) is 12.6 Å². The van der Waals surface area contributed by atoms with Crippen LogP contribution in [-0.2, 0) is 10.0 Å². The number of hydrogen-bond donors (Lipinski definition) is 1. The highest BCUT2D eigenvalue weighted by Crippen LogP contribution is 2.23. The van der Waals surface area contributed by atoms with Gasteiger partial charge in [-0.25, -0.2) is 12.8 Å². The quantitative estimate of drug-likeness (QED) is 0.633. The fourth-order valence-corrected chi connectivity index (χ4v) is 4.21. The largest absolute Gasteiger partial charge is 0.346 e. The number of nitrogens with zero attached hydrogens (tertiary/aromatic N) is 1. The third kappa shape index (κ3) is 4.68. The van der Waals surface area contributed by atoms with Crippen LogP contribution in [0.25, 0.3) is 0 Å². The number of aryl methyl sites for hydroxylation is 1. The van der Waals surface area contributed by atoms with Crippen LogP contribution < -0.4 is 9.62 Å². The van der Waals surface area contributed by atoms with Gasteiger partial charge in [-0.2, -0.15) is 0 Å². The van der Waals surface area contributed by atoms with E-state index in [-0.39, 0.29) is 22.4 Å². The number of rotatable bonds is 6. The molecule has 0 aromatic heterocycles. The molecule has 0 radical (unpaired) electrons. The summed E-state index contributed by atoms with van der Waals surface area (Å²) in [6.45, 7) is 3.85. The summed E-state index contributed by atoms with van der Waals surface area (Å²) < 4.78 is 40.1. The van der Waals surface area contributed by atoms with E-state index in [1.54, 1.807) is 6.07 Å². The van der Waals surface area contributed by atoms with Crippen LogP contribution in [0.2, 0.25) is 0 Å². The SMILES string of the molecule is Cc1ccc([C@H](C)NC(=O)c2cccc(S(=O)(=O)N(C)c3ccc(F)cc3)c2)cc1. The first-order valence-electron chi connectivity index (χ1n) is 9.40. The Hall–Kier alpha value is -3.19. The summed E-state index contributed by atoms with van der Waals surface area (Å²) in [7, 11) is -2.53. The van der Waals surface area contributed by atoms with Crippen LogP contribution in [0.15, 0.2) is 77.7 Å². The highest BCUT2D eigenvalue weighted by molar-refractivity contribution is 7.92. The van der Waals surface area contributed by atoms with E-state index in [4.69, 9.17) is 0 Å². The summed E-state index contributed by atoms with van der Waals surface area (Å²) in [5, 5.41) is 2.89. The molecule has 0 aliphatic carbocycles. The van der Waals surface area contributed by atoms with Gasteiger partial charge in [0.15, 0.2) is 0 Å². The zero-order valence-electron chi connectivity index (χ0n) is 17.0. The van der Waals surface area contributed by atoms with Crippen molar-refractivity contribution in [2.45, 2.75) is 24.8 Å². The molecule has 0 saturated carbocycles. The molecule has 7 heteroatoms. The van der Waals surface area contributed by atoms with Crippen molar-refractivity contribution in [3.05, 3.63) is 95.3 Å². The number of halogens is 1. The lowest BCUT2D eigenvalue weighted by atomic mass is 10.1. The molecule has 0 spiro atoms. The van der Waals surface area contributed by atoms with Crippen molar-refractivity contribution in [2.24, 2.45) is 0 Å². The Bertz CT molecular complexity index is 1140. The van der Waals surface area contributed by atoms with Gasteiger partial charge < -0.3 is 5.32 Å². The van der Waals surface area contributed by atoms with Crippen molar-refractivity contribution < 1.29 is 17.6 Å². The Morgan fingerprint density at radius 3 is 2.27 bits per heavy atom. The Morgan fingerprint density at radius 1 is 1.00 bits per heavy atom. The van der Waals surface area contributed by atoms with E-state index < -0.39 is 15.8 Å². The van der Waals surface area contributed by atoms with E-state index in [0.29, 0.717) is 5.69 Å². The molecule has 0 fully saturated rings. The monoisotopic (exact) mass is 426 g/mol. The van der Waals surface area contributed by atoms with E-state index in [0.717, 1.165) is 15.4 Å².